The number of nitrogens with zero attached hydrogens (tertiary/aromatic N) is 3. The molecule has 2 heterocycles. The first kappa shape index (κ1) is 7.09. The Balaban J connectivity index is 2.46. The van der Waals surface area contributed by atoms with Gasteiger partial charge in [-0.15, -0.1) is 0 Å². The first-order chi connectivity index (χ1) is 5.90. The Morgan fingerprint density at radius 1 is 1.50 bits per heavy atom. The van der Waals surface area contributed by atoms with Gasteiger partial charge in [0.25, 0.3) is 0 Å². The standard InChI is InChI=1S/C8H10N4/c1-2-9-7-5-11-8-10-3-4-12(8)6-7/h3-6,9H,2H2,1H3. The van der Waals surface area contributed by atoms with Crippen LogP contribution in [0.2, 0.25) is 0 Å². The molecule has 4 heteroatoms. The van der Waals surface area contributed by atoms with E-state index in [-0.39, 0.29) is 0 Å². The van der Waals surface area contributed by atoms with E-state index < -0.39 is 0 Å². The maximum Gasteiger partial charge on any atom is 0.233 e. The third-order valence-corrected chi connectivity index (χ3v) is 1.63. The van der Waals surface area contributed by atoms with Gasteiger partial charge >= 0.3 is 0 Å². The van der Waals surface area contributed by atoms with Crippen LogP contribution in [0, 0.1) is 0 Å². The minimum atomic E-state index is 0.733. The fourth-order valence-electron chi connectivity index (χ4n) is 1.11. The van der Waals surface area contributed by atoms with E-state index in [2.05, 4.69) is 22.2 Å². The Morgan fingerprint density at radius 3 is 3.25 bits per heavy atom. The second kappa shape index (κ2) is 2.81. The minimum Gasteiger partial charge on any atom is -0.383 e. The molecule has 1 N–H and O–H groups in total. The van der Waals surface area contributed by atoms with Crippen molar-refractivity contribution in [3.05, 3.63) is 24.8 Å². The SMILES string of the molecule is CCNc1cnc2nccn2c1. The highest BCUT2D eigenvalue weighted by Crippen LogP contribution is 2.05. The predicted octanol–water partition coefficient (Wildman–Crippen LogP) is 1.16. The molecular formula is C8H10N4. The van der Waals surface area contributed by atoms with Gasteiger partial charge in [0.05, 0.1) is 11.9 Å². The molecule has 2 aromatic rings. The summed E-state index contributed by atoms with van der Waals surface area (Å²) in [5, 5.41) is 3.18. The first-order valence-electron chi connectivity index (χ1n) is 3.92. The monoisotopic (exact) mass is 162 g/mol. The molecule has 4 nitrogen and oxygen atoms in total. The van der Waals surface area contributed by atoms with Gasteiger partial charge < -0.3 is 5.32 Å². The molecule has 0 saturated heterocycles. The van der Waals surface area contributed by atoms with Crippen LogP contribution in [0.3, 0.4) is 0 Å². The van der Waals surface area contributed by atoms with E-state index in [9.17, 15) is 0 Å². The zero-order valence-electron chi connectivity index (χ0n) is 6.86. The number of nitrogens with one attached hydrogen (secondary N) is 1. The van der Waals surface area contributed by atoms with Crippen LogP contribution in [0.4, 0.5) is 5.69 Å². The number of imidazole rings is 1. The zero-order valence-corrected chi connectivity index (χ0v) is 6.86. The second-order valence-electron chi connectivity index (χ2n) is 2.51. The van der Waals surface area contributed by atoms with Gasteiger partial charge in [0, 0.05) is 25.1 Å². The molecule has 0 fully saturated rings. The Bertz CT molecular complexity index is 379. The van der Waals surface area contributed by atoms with Crippen molar-refractivity contribution < 1.29 is 0 Å². The van der Waals surface area contributed by atoms with Crippen LogP contribution in [0.25, 0.3) is 5.78 Å². The van der Waals surface area contributed by atoms with Crippen molar-refractivity contribution in [2.75, 3.05) is 11.9 Å². The lowest BCUT2D eigenvalue weighted by Gasteiger charge is -2.01. The summed E-state index contributed by atoms with van der Waals surface area (Å²) in [6.07, 6.45) is 7.37. The lowest BCUT2D eigenvalue weighted by molar-refractivity contribution is 1.09. The summed E-state index contributed by atoms with van der Waals surface area (Å²) >= 11 is 0. The smallest absolute Gasteiger partial charge is 0.233 e. The van der Waals surface area contributed by atoms with Gasteiger partial charge in [0.15, 0.2) is 0 Å². The number of aromatic nitrogens is 3. The molecule has 2 aromatic heterocycles. The van der Waals surface area contributed by atoms with E-state index in [4.69, 9.17) is 0 Å². The molecule has 12 heavy (non-hydrogen) atoms. The van der Waals surface area contributed by atoms with Crippen molar-refractivity contribution in [1.29, 1.82) is 0 Å². The number of hydrogen-bond donors (Lipinski definition) is 1. The van der Waals surface area contributed by atoms with Gasteiger partial charge in [-0.2, -0.15) is 0 Å². The van der Waals surface area contributed by atoms with Crippen LogP contribution in [0.5, 0.6) is 0 Å². The molecule has 0 saturated carbocycles. The fraction of sp³-hybridized carbons (Fsp3) is 0.250. The lowest BCUT2D eigenvalue weighted by Crippen LogP contribution is -1.99. The highest BCUT2D eigenvalue weighted by molar-refractivity contribution is 5.43. The summed E-state index contributed by atoms with van der Waals surface area (Å²) in [6.45, 7) is 2.96. The van der Waals surface area contributed by atoms with Gasteiger partial charge in [-0.05, 0) is 6.92 Å². The first-order valence-corrected chi connectivity index (χ1v) is 3.92. The molecule has 2 rings (SSSR count). The topological polar surface area (TPSA) is 42.2 Å². The van der Waals surface area contributed by atoms with Gasteiger partial charge in [0.2, 0.25) is 5.78 Å². The molecular weight excluding hydrogens is 152 g/mol. The van der Waals surface area contributed by atoms with Gasteiger partial charge in [0.1, 0.15) is 0 Å². The average Bonchev–Trinajstić information content (AvgIpc) is 2.51. The van der Waals surface area contributed by atoms with E-state index in [0.29, 0.717) is 0 Å². The van der Waals surface area contributed by atoms with Crippen molar-refractivity contribution in [2.45, 2.75) is 6.92 Å². The average molecular weight is 162 g/mol. The maximum absolute atomic E-state index is 4.15. The highest BCUT2D eigenvalue weighted by Gasteiger charge is 1.95. The zero-order chi connectivity index (χ0) is 8.39. The third kappa shape index (κ3) is 1.11. The molecule has 0 aromatic carbocycles. The van der Waals surface area contributed by atoms with Crippen molar-refractivity contribution >= 4 is 11.5 Å². The van der Waals surface area contributed by atoms with Gasteiger partial charge in [-0.1, -0.05) is 0 Å². The number of anilines is 1. The van der Waals surface area contributed by atoms with Crippen LogP contribution in [0.15, 0.2) is 24.8 Å². The third-order valence-electron chi connectivity index (χ3n) is 1.63. The highest BCUT2D eigenvalue weighted by atomic mass is 15.1. The van der Waals surface area contributed by atoms with E-state index >= 15 is 0 Å². The molecule has 0 radical (unpaired) electrons. The molecule has 0 aliphatic heterocycles. The molecule has 0 amide bonds. The summed E-state index contributed by atoms with van der Waals surface area (Å²) in [6, 6.07) is 0. The molecule has 0 atom stereocenters. The summed E-state index contributed by atoms with van der Waals surface area (Å²) in [7, 11) is 0. The van der Waals surface area contributed by atoms with Gasteiger partial charge in [-0.25, -0.2) is 9.97 Å². The van der Waals surface area contributed by atoms with Crippen LogP contribution < -0.4 is 5.32 Å². The number of fused-ring (bicyclic) bond motifs is 1. The van der Waals surface area contributed by atoms with Crippen molar-refractivity contribution in [3.63, 3.8) is 0 Å². The van der Waals surface area contributed by atoms with Crippen molar-refractivity contribution in [3.8, 4) is 0 Å². The fourth-order valence-corrected chi connectivity index (χ4v) is 1.11. The Hall–Kier alpha value is -1.58. The molecule has 0 aliphatic rings. The summed E-state index contributed by atoms with van der Waals surface area (Å²) in [5.74, 6) is 0.733. The largest absolute Gasteiger partial charge is 0.383 e. The normalized spacial score (nSPS) is 10.4. The Kier molecular flexibility index (Phi) is 1.66. The lowest BCUT2D eigenvalue weighted by atomic mass is 10.5. The minimum absolute atomic E-state index is 0.733. The molecule has 0 bridgehead atoms. The van der Waals surface area contributed by atoms with Gasteiger partial charge in [-0.3, -0.25) is 4.40 Å². The molecule has 0 spiro atoms. The molecule has 0 aliphatic carbocycles. The quantitative estimate of drug-likeness (QED) is 0.720. The number of hydrogen-bond acceptors (Lipinski definition) is 3. The summed E-state index contributed by atoms with van der Waals surface area (Å²) in [5.41, 5.74) is 1.02. The van der Waals surface area contributed by atoms with Crippen molar-refractivity contribution in [2.24, 2.45) is 0 Å². The summed E-state index contributed by atoms with van der Waals surface area (Å²) < 4.78 is 1.89. The summed E-state index contributed by atoms with van der Waals surface area (Å²) in [4.78, 5) is 8.19. The number of rotatable bonds is 2. The Labute approximate surface area is 70.3 Å². The van der Waals surface area contributed by atoms with Crippen LogP contribution in [0.1, 0.15) is 6.92 Å². The predicted molar refractivity (Wildman–Crippen MR) is 47.2 cm³/mol. The van der Waals surface area contributed by atoms with Crippen molar-refractivity contribution in [1.82, 2.24) is 14.4 Å². The van der Waals surface area contributed by atoms with E-state index in [1.807, 2.05) is 16.8 Å². The van der Waals surface area contributed by atoms with Crippen LogP contribution >= 0.6 is 0 Å². The second-order valence-corrected chi connectivity index (χ2v) is 2.51. The molecule has 62 valence electrons. The molecule has 0 unspecified atom stereocenters. The van der Waals surface area contributed by atoms with Crippen LogP contribution in [-0.2, 0) is 0 Å². The maximum atomic E-state index is 4.15. The van der Waals surface area contributed by atoms with E-state index in [1.165, 1.54) is 0 Å². The van der Waals surface area contributed by atoms with E-state index in [1.54, 1.807) is 12.4 Å². The van der Waals surface area contributed by atoms with Crippen LogP contribution in [-0.4, -0.2) is 20.9 Å². The van der Waals surface area contributed by atoms with E-state index in [0.717, 1.165) is 18.0 Å². The Morgan fingerprint density at radius 2 is 2.42 bits per heavy atom.